The van der Waals surface area contributed by atoms with Crippen molar-refractivity contribution in [1.29, 1.82) is 0 Å². The zero-order chi connectivity index (χ0) is 27.7. The van der Waals surface area contributed by atoms with Crippen LogP contribution in [0.15, 0.2) is 22.5 Å². The van der Waals surface area contributed by atoms with E-state index in [1.807, 2.05) is 26.0 Å². The highest BCUT2D eigenvalue weighted by atomic mass is 32.2. The van der Waals surface area contributed by atoms with E-state index < -0.39 is 28.2 Å². The molecule has 210 valence electrons. The van der Waals surface area contributed by atoms with Gasteiger partial charge in [0.15, 0.2) is 0 Å². The molecular weight excluding hydrogens is 517 g/mol. The normalized spacial score (nSPS) is 24.7. The van der Waals surface area contributed by atoms with E-state index in [-0.39, 0.29) is 37.3 Å². The molecule has 3 aliphatic rings. The number of aryl methyl sites for hydroxylation is 2. The molecule has 7 nitrogen and oxygen atoms in total. The van der Waals surface area contributed by atoms with Crippen molar-refractivity contribution in [3.05, 3.63) is 39.8 Å². The topological polar surface area (TPSA) is 105 Å². The lowest BCUT2D eigenvalue weighted by Gasteiger charge is -2.34. The molecule has 1 aliphatic carbocycles. The predicted molar refractivity (Wildman–Crippen MR) is 142 cm³/mol. The summed E-state index contributed by atoms with van der Waals surface area (Å²) >= 11 is 0. The second-order valence-corrected chi connectivity index (χ2v) is 12.8. The van der Waals surface area contributed by atoms with Crippen molar-refractivity contribution in [1.82, 2.24) is 9.62 Å². The fraction of sp³-hybridized carbons (Fsp3) is 0.630. The molecule has 1 saturated carbocycles. The average Bonchev–Trinajstić information content (AvgIpc) is 3.17. The number of amides is 1. The van der Waals surface area contributed by atoms with Gasteiger partial charge < -0.3 is 11.1 Å². The number of aliphatic imine (C=N–C) groups is 1. The average molecular weight is 555 g/mol. The minimum Gasteiger partial charge on any atom is -0.326 e. The van der Waals surface area contributed by atoms with E-state index in [4.69, 9.17) is 10.7 Å². The maximum Gasteiger partial charge on any atom is 0.389 e. The highest BCUT2D eigenvalue weighted by molar-refractivity contribution is 7.92. The van der Waals surface area contributed by atoms with Crippen LogP contribution in [0.4, 0.5) is 13.2 Å². The Morgan fingerprint density at radius 1 is 1.13 bits per heavy atom. The monoisotopic (exact) mass is 554 g/mol. The molecule has 11 heteroatoms. The Morgan fingerprint density at radius 2 is 1.74 bits per heavy atom. The van der Waals surface area contributed by atoms with Crippen molar-refractivity contribution >= 4 is 27.8 Å². The Morgan fingerprint density at radius 3 is 2.29 bits per heavy atom. The molecule has 1 spiro atoms. The third-order valence-electron chi connectivity index (χ3n) is 8.27. The molecule has 4 rings (SSSR count). The number of carbonyl (C=O) groups excluding carboxylic acids is 1. The summed E-state index contributed by atoms with van der Waals surface area (Å²) in [7, 11) is -3.68. The van der Waals surface area contributed by atoms with Crippen LogP contribution in [-0.2, 0) is 21.4 Å². The third kappa shape index (κ3) is 6.48. The number of carbonyl (C=O) groups is 1. The zero-order valence-electron chi connectivity index (χ0n) is 22.0. The number of alkyl halides is 3. The first-order chi connectivity index (χ1) is 17.8. The zero-order valence-corrected chi connectivity index (χ0v) is 22.8. The van der Waals surface area contributed by atoms with Gasteiger partial charge in [0.05, 0.1) is 0 Å². The molecule has 3 N–H and O–H groups in total. The van der Waals surface area contributed by atoms with Gasteiger partial charge in [-0.15, -0.1) is 0 Å². The van der Waals surface area contributed by atoms with Crippen LogP contribution in [-0.4, -0.2) is 49.3 Å². The van der Waals surface area contributed by atoms with E-state index in [0.29, 0.717) is 50.9 Å². The quantitative estimate of drug-likeness (QED) is 0.515. The van der Waals surface area contributed by atoms with Crippen molar-refractivity contribution in [2.45, 2.75) is 83.5 Å². The molecule has 1 saturated heterocycles. The van der Waals surface area contributed by atoms with Crippen LogP contribution in [0.5, 0.6) is 0 Å². The molecular formula is C27H37F3N4O3S. The lowest BCUT2D eigenvalue weighted by atomic mass is 9.79. The van der Waals surface area contributed by atoms with Crippen LogP contribution in [0.3, 0.4) is 0 Å². The number of rotatable bonds is 7. The molecule has 1 amide bonds. The molecule has 1 aromatic carbocycles. The van der Waals surface area contributed by atoms with Crippen molar-refractivity contribution in [3.63, 3.8) is 0 Å². The van der Waals surface area contributed by atoms with E-state index >= 15 is 0 Å². The van der Waals surface area contributed by atoms with Crippen LogP contribution >= 0.6 is 0 Å². The summed E-state index contributed by atoms with van der Waals surface area (Å²) in [5, 5.41) is 4.14. The molecule has 0 bridgehead atoms. The standard InChI is InChI=1S/C27H37F3N4O3S/c1-18-15-21(17-31)16-19(2)23(18)8-14-38(36,37)34-12-10-26(11-13-34)25(35)32-24(33-26)22-5-3-20(4-6-22)7-9-27(28,29)30/h8,14-16,20,22H,3-7,9-13,17,31H2,1-2H3,(H,32,33,35). The first-order valence-corrected chi connectivity index (χ1v) is 14.8. The first kappa shape index (κ1) is 28.8. The van der Waals surface area contributed by atoms with E-state index in [2.05, 4.69) is 5.32 Å². The summed E-state index contributed by atoms with van der Waals surface area (Å²) in [5.41, 5.74) is 8.50. The van der Waals surface area contributed by atoms with E-state index in [9.17, 15) is 26.4 Å². The van der Waals surface area contributed by atoms with Gasteiger partial charge in [-0.25, -0.2) is 8.42 Å². The number of hydrogen-bond donors (Lipinski definition) is 2. The number of nitrogens with zero attached hydrogens (tertiary/aromatic N) is 2. The lowest BCUT2D eigenvalue weighted by molar-refractivity contribution is -0.138. The van der Waals surface area contributed by atoms with Crippen molar-refractivity contribution < 1.29 is 26.4 Å². The van der Waals surface area contributed by atoms with Crippen molar-refractivity contribution in [2.24, 2.45) is 22.6 Å². The third-order valence-corrected chi connectivity index (χ3v) is 9.84. The Labute approximate surface area is 222 Å². The SMILES string of the molecule is Cc1cc(CN)cc(C)c1C=CS(=O)(=O)N1CCC2(CC1)N=C(C1CCC(CCC(F)(F)F)CC1)NC2=O. The van der Waals surface area contributed by atoms with Crippen molar-refractivity contribution in [2.75, 3.05) is 13.1 Å². The number of amidine groups is 1. The molecule has 2 fully saturated rings. The molecule has 1 aromatic rings. The predicted octanol–water partition coefficient (Wildman–Crippen LogP) is 4.57. The summed E-state index contributed by atoms with van der Waals surface area (Å²) in [6.07, 6.45) is 0.256. The number of halogens is 3. The number of nitrogens with one attached hydrogen (secondary N) is 1. The Balaban J connectivity index is 1.36. The van der Waals surface area contributed by atoms with Crippen molar-refractivity contribution in [3.8, 4) is 0 Å². The minimum atomic E-state index is -4.13. The van der Waals surface area contributed by atoms with E-state index in [0.717, 1.165) is 22.3 Å². The molecule has 2 aliphatic heterocycles. The number of hydrogen-bond acceptors (Lipinski definition) is 5. The smallest absolute Gasteiger partial charge is 0.326 e. The highest BCUT2D eigenvalue weighted by Gasteiger charge is 2.48. The van der Waals surface area contributed by atoms with Gasteiger partial charge in [0, 0.05) is 37.4 Å². The lowest BCUT2D eigenvalue weighted by Crippen LogP contribution is -2.50. The number of piperidine rings is 1. The number of sulfonamides is 1. The fourth-order valence-corrected chi connectivity index (χ4v) is 7.13. The van der Waals surface area contributed by atoms with Crippen LogP contribution in [0.2, 0.25) is 0 Å². The molecule has 0 atom stereocenters. The largest absolute Gasteiger partial charge is 0.389 e. The number of benzene rings is 1. The van der Waals surface area contributed by atoms with Gasteiger partial charge in [0.25, 0.3) is 5.91 Å². The summed E-state index contributed by atoms with van der Waals surface area (Å²) in [6.45, 7) is 4.63. The summed E-state index contributed by atoms with van der Waals surface area (Å²) < 4.78 is 65.1. The van der Waals surface area contributed by atoms with E-state index in [1.165, 1.54) is 9.71 Å². The van der Waals surface area contributed by atoms with E-state index in [1.54, 1.807) is 6.08 Å². The van der Waals surface area contributed by atoms with Gasteiger partial charge in [-0.1, -0.05) is 12.1 Å². The van der Waals surface area contributed by atoms with Gasteiger partial charge in [0.1, 0.15) is 11.4 Å². The maximum atomic E-state index is 13.1. The van der Waals surface area contributed by atoms with Crippen LogP contribution < -0.4 is 11.1 Å². The molecule has 38 heavy (non-hydrogen) atoms. The summed E-state index contributed by atoms with van der Waals surface area (Å²) in [5.74, 6) is 0.493. The van der Waals surface area contributed by atoms with Gasteiger partial charge >= 0.3 is 6.18 Å². The van der Waals surface area contributed by atoms with Gasteiger partial charge in [-0.05, 0) is 93.0 Å². The van der Waals surface area contributed by atoms with Crippen LogP contribution in [0.1, 0.15) is 73.6 Å². The second kappa shape index (κ2) is 11.1. The molecule has 0 radical (unpaired) electrons. The first-order valence-electron chi connectivity index (χ1n) is 13.3. The second-order valence-electron chi connectivity index (χ2n) is 10.9. The Kier molecular flexibility index (Phi) is 8.40. The van der Waals surface area contributed by atoms with Gasteiger partial charge in [-0.3, -0.25) is 9.79 Å². The molecule has 0 aromatic heterocycles. The molecule has 0 unspecified atom stereocenters. The van der Waals surface area contributed by atoms with Gasteiger partial charge in [-0.2, -0.15) is 17.5 Å². The molecule has 2 heterocycles. The Bertz CT molecular complexity index is 1190. The summed E-state index contributed by atoms with van der Waals surface area (Å²) in [4.78, 5) is 17.7. The van der Waals surface area contributed by atoms with Crippen LogP contribution in [0.25, 0.3) is 6.08 Å². The summed E-state index contributed by atoms with van der Waals surface area (Å²) in [6, 6.07) is 3.90. The highest BCUT2D eigenvalue weighted by Crippen LogP contribution is 2.38. The maximum absolute atomic E-state index is 13.1. The van der Waals surface area contributed by atoms with Gasteiger partial charge in [0.2, 0.25) is 10.0 Å². The number of nitrogens with two attached hydrogens (primary N) is 1. The fourth-order valence-electron chi connectivity index (χ4n) is 5.96. The Hall–Kier alpha value is -2.24. The van der Waals surface area contributed by atoms with Crippen LogP contribution in [0, 0.1) is 25.7 Å². The minimum absolute atomic E-state index is 0.0299.